The van der Waals surface area contributed by atoms with E-state index in [-0.39, 0.29) is 25.2 Å². The monoisotopic (exact) mass is 540 g/mol. The lowest BCUT2D eigenvalue weighted by Gasteiger charge is -2.12. The number of aliphatic hydroxyl groups is 1. The Balaban J connectivity index is 3.40. The van der Waals surface area contributed by atoms with Crippen LogP contribution in [0.3, 0.4) is 0 Å². The first-order valence-corrected chi connectivity index (χ1v) is 16.4. The zero-order valence-corrected chi connectivity index (χ0v) is 25.6. The lowest BCUT2D eigenvalue weighted by atomic mass is 10.0. The molecule has 0 aliphatic heterocycles. The second-order valence-electron chi connectivity index (χ2n) is 11.8. The SMILES string of the molecule is CCCCCCCCCCCCCCCCCC(=O)OC[C@@H](O)COC(=O)CCCCCCCCC(C)C. The highest BCUT2D eigenvalue weighted by Gasteiger charge is 2.12. The molecule has 5 nitrogen and oxygen atoms in total. The first kappa shape index (κ1) is 36.9. The van der Waals surface area contributed by atoms with Gasteiger partial charge in [-0.05, 0) is 18.8 Å². The predicted molar refractivity (Wildman–Crippen MR) is 159 cm³/mol. The van der Waals surface area contributed by atoms with Crippen LogP contribution in [0.2, 0.25) is 0 Å². The van der Waals surface area contributed by atoms with Crippen LogP contribution in [0.15, 0.2) is 0 Å². The average Bonchev–Trinajstić information content (AvgIpc) is 2.89. The van der Waals surface area contributed by atoms with Crippen molar-refractivity contribution in [2.45, 2.75) is 181 Å². The molecule has 0 spiro atoms. The van der Waals surface area contributed by atoms with Gasteiger partial charge in [0.25, 0.3) is 0 Å². The van der Waals surface area contributed by atoms with Gasteiger partial charge in [-0.15, -0.1) is 0 Å². The van der Waals surface area contributed by atoms with Crippen molar-refractivity contribution in [3.63, 3.8) is 0 Å². The maximum absolute atomic E-state index is 11.9. The van der Waals surface area contributed by atoms with Crippen molar-refractivity contribution in [2.24, 2.45) is 5.92 Å². The summed E-state index contributed by atoms with van der Waals surface area (Å²) >= 11 is 0. The molecule has 0 fully saturated rings. The summed E-state index contributed by atoms with van der Waals surface area (Å²) in [7, 11) is 0. The third-order valence-electron chi connectivity index (χ3n) is 7.27. The third kappa shape index (κ3) is 29.5. The van der Waals surface area contributed by atoms with Gasteiger partial charge in [0.15, 0.2) is 0 Å². The van der Waals surface area contributed by atoms with Crippen LogP contribution in [0, 0.1) is 5.92 Å². The Hall–Kier alpha value is -1.10. The fourth-order valence-corrected chi connectivity index (χ4v) is 4.74. The van der Waals surface area contributed by atoms with Gasteiger partial charge >= 0.3 is 11.9 Å². The predicted octanol–water partition coefficient (Wildman–Crippen LogP) is 9.47. The molecular weight excluding hydrogens is 476 g/mol. The van der Waals surface area contributed by atoms with E-state index in [0.717, 1.165) is 38.0 Å². The molecule has 0 heterocycles. The summed E-state index contributed by atoms with van der Waals surface area (Å²) in [4.78, 5) is 23.7. The van der Waals surface area contributed by atoms with Crippen LogP contribution in [-0.4, -0.2) is 36.4 Å². The van der Waals surface area contributed by atoms with E-state index in [9.17, 15) is 14.7 Å². The highest BCUT2D eigenvalue weighted by molar-refractivity contribution is 5.69. The van der Waals surface area contributed by atoms with E-state index in [2.05, 4.69) is 20.8 Å². The standard InChI is InChI=1S/C33H64O5/c1-4-5-6-7-8-9-10-11-12-13-14-15-16-20-23-26-32(35)37-28-31(34)29-38-33(36)27-24-21-18-17-19-22-25-30(2)3/h30-31,34H,4-29H2,1-3H3/t31-/m1/s1. The van der Waals surface area contributed by atoms with Gasteiger partial charge in [-0.25, -0.2) is 0 Å². The van der Waals surface area contributed by atoms with Crippen LogP contribution in [0.4, 0.5) is 0 Å². The van der Waals surface area contributed by atoms with Crippen molar-refractivity contribution < 1.29 is 24.2 Å². The fourth-order valence-electron chi connectivity index (χ4n) is 4.74. The molecule has 0 saturated carbocycles. The Kier molecular flexibility index (Phi) is 28.1. The topological polar surface area (TPSA) is 72.8 Å². The van der Waals surface area contributed by atoms with Crippen LogP contribution in [0.5, 0.6) is 0 Å². The van der Waals surface area contributed by atoms with E-state index >= 15 is 0 Å². The van der Waals surface area contributed by atoms with E-state index in [1.165, 1.54) is 109 Å². The zero-order chi connectivity index (χ0) is 28.1. The minimum Gasteiger partial charge on any atom is -0.463 e. The Morgan fingerprint density at radius 1 is 0.526 bits per heavy atom. The highest BCUT2D eigenvalue weighted by atomic mass is 16.6. The van der Waals surface area contributed by atoms with Gasteiger partial charge in [0, 0.05) is 12.8 Å². The van der Waals surface area contributed by atoms with Crippen LogP contribution in [0.1, 0.15) is 175 Å². The second kappa shape index (κ2) is 28.9. The second-order valence-corrected chi connectivity index (χ2v) is 11.8. The van der Waals surface area contributed by atoms with E-state index in [0.29, 0.717) is 12.8 Å². The fraction of sp³-hybridized carbons (Fsp3) is 0.939. The summed E-state index contributed by atoms with van der Waals surface area (Å²) in [6.45, 7) is 6.56. The number of unbranched alkanes of at least 4 members (excludes halogenated alkanes) is 19. The molecule has 0 unspecified atom stereocenters. The number of esters is 2. The van der Waals surface area contributed by atoms with Gasteiger partial charge in [-0.2, -0.15) is 0 Å². The molecule has 5 heteroatoms. The molecular formula is C33H64O5. The van der Waals surface area contributed by atoms with Gasteiger partial charge in [-0.1, -0.05) is 149 Å². The van der Waals surface area contributed by atoms with E-state index in [4.69, 9.17) is 9.47 Å². The number of aliphatic hydroxyl groups excluding tert-OH is 1. The first-order chi connectivity index (χ1) is 18.5. The maximum Gasteiger partial charge on any atom is 0.305 e. The van der Waals surface area contributed by atoms with Crippen LogP contribution in [-0.2, 0) is 19.1 Å². The average molecular weight is 541 g/mol. The third-order valence-corrected chi connectivity index (χ3v) is 7.27. The molecule has 226 valence electrons. The molecule has 0 aromatic carbocycles. The molecule has 0 saturated heterocycles. The van der Waals surface area contributed by atoms with Gasteiger partial charge in [0.2, 0.25) is 0 Å². The van der Waals surface area contributed by atoms with Crippen molar-refractivity contribution in [2.75, 3.05) is 13.2 Å². The largest absolute Gasteiger partial charge is 0.463 e. The minimum absolute atomic E-state index is 0.110. The van der Waals surface area contributed by atoms with Gasteiger partial charge in [-0.3, -0.25) is 9.59 Å². The minimum atomic E-state index is -0.954. The van der Waals surface area contributed by atoms with Crippen molar-refractivity contribution >= 4 is 11.9 Å². The van der Waals surface area contributed by atoms with Crippen molar-refractivity contribution in [3.8, 4) is 0 Å². The molecule has 0 aliphatic rings. The summed E-state index contributed by atoms with van der Waals surface area (Å²) < 4.78 is 10.3. The summed E-state index contributed by atoms with van der Waals surface area (Å²) in [6, 6.07) is 0. The van der Waals surface area contributed by atoms with Gasteiger partial charge < -0.3 is 14.6 Å². The van der Waals surface area contributed by atoms with E-state index in [1.54, 1.807) is 0 Å². The van der Waals surface area contributed by atoms with Crippen molar-refractivity contribution in [1.82, 2.24) is 0 Å². The van der Waals surface area contributed by atoms with Gasteiger partial charge in [0.1, 0.15) is 19.3 Å². The molecule has 0 radical (unpaired) electrons. The van der Waals surface area contributed by atoms with E-state index in [1.807, 2.05) is 0 Å². The van der Waals surface area contributed by atoms with Crippen LogP contribution < -0.4 is 0 Å². The maximum atomic E-state index is 11.9. The Labute approximate surface area is 236 Å². The molecule has 0 aromatic heterocycles. The number of ether oxygens (including phenoxy) is 2. The number of hydrogen-bond donors (Lipinski definition) is 1. The summed E-state index contributed by atoms with van der Waals surface area (Å²) in [5, 5.41) is 9.93. The zero-order valence-electron chi connectivity index (χ0n) is 25.6. The summed E-state index contributed by atoms with van der Waals surface area (Å²) in [6.07, 6.45) is 27.3. The van der Waals surface area contributed by atoms with E-state index < -0.39 is 6.10 Å². The quantitative estimate of drug-likeness (QED) is 0.0755. The molecule has 0 rings (SSSR count). The molecule has 38 heavy (non-hydrogen) atoms. The first-order valence-electron chi connectivity index (χ1n) is 16.4. The Bertz CT molecular complexity index is 520. The number of hydrogen-bond acceptors (Lipinski definition) is 5. The molecule has 1 N–H and O–H groups in total. The molecule has 0 amide bonds. The van der Waals surface area contributed by atoms with Crippen LogP contribution in [0.25, 0.3) is 0 Å². The lowest BCUT2D eigenvalue weighted by molar-refractivity contribution is -0.152. The number of rotatable bonds is 29. The Morgan fingerprint density at radius 2 is 0.842 bits per heavy atom. The lowest BCUT2D eigenvalue weighted by Crippen LogP contribution is -2.25. The molecule has 0 aliphatic carbocycles. The number of carbonyl (C=O) groups is 2. The number of carbonyl (C=O) groups excluding carboxylic acids is 2. The van der Waals surface area contributed by atoms with Crippen LogP contribution >= 0.6 is 0 Å². The Morgan fingerprint density at radius 3 is 1.18 bits per heavy atom. The molecule has 0 aromatic rings. The summed E-state index contributed by atoms with van der Waals surface area (Å²) in [5.74, 6) is 0.217. The molecule has 0 bridgehead atoms. The summed E-state index contributed by atoms with van der Waals surface area (Å²) in [5.41, 5.74) is 0. The van der Waals surface area contributed by atoms with Crippen molar-refractivity contribution in [3.05, 3.63) is 0 Å². The smallest absolute Gasteiger partial charge is 0.305 e. The molecule has 1 atom stereocenters. The highest BCUT2D eigenvalue weighted by Crippen LogP contribution is 2.14. The normalized spacial score (nSPS) is 12.1. The van der Waals surface area contributed by atoms with Crippen molar-refractivity contribution in [1.29, 1.82) is 0 Å². The van der Waals surface area contributed by atoms with Gasteiger partial charge in [0.05, 0.1) is 0 Å².